The van der Waals surface area contributed by atoms with Gasteiger partial charge in [0.15, 0.2) is 0 Å². The zero-order valence-electron chi connectivity index (χ0n) is 15.9. The van der Waals surface area contributed by atoms with Crippen molar-refractivity contribution in [2.24, 2.45) is 0 Å². The van der Waals surface area contributed by atoms with E-state index in [1.54, 1.807) is 24.3 Å². The first-order valence-electron chi connectivity index (χ1n) is 9.56. The van der Waals surface area contributed by atoms with Crippen LogP contribution in [0, 0.1) is 0 Å². The summed E-state index contributed by atoms with van der Waals surface area (Å²) in [6, 6.07) is 26.1. The summed E-state index contributed by atoms with van der Waals surface area (Å²) in [5.74, 6) is -0.0380. The van der Waals surface area contributed by atoms with Crippen molar-refractivity contribution in [1.82, 2.24) is 5.32 Å². The second-order valence-corrected chi connectivity index (χ2v) is 9.03. The molecule has 1 heterocycles. The van der Waals surface area contributed by atoms with Crippen LogP contribution >= 0.6 is 0 Å². The van der Waals surface area contributed by atoms with E-state index in [0.717, 1.165) is 11.1 Å². The Bertz CT molecular complexity index is 1040. The average Bonchev–Trinajstić information content (AvgIpc) is 3.12. The molecule has 0 unspecified atom stereocenters. The van der Waals surface area contributed by atoms with Gasteiger partial charge in [-0.25, -0.2) is 8.42 Å². The van der Waals surface area contributed by atoms with Crippen molar-refractivity contribution in [1.29, 1.82) is 0 Å². The number of nitrogens with one attached hydrogen (secondary N) is 1. The van der Waals surface area contributed by atoms with Crippen LogP contribution < -0.4 is 9.62 Å². The molecular weight excluding hydrogens is 384 g/mol. The first kappa shape index (κ1) is 19.2. The quantitative estimate of drug-likeness (QED) is 0.702. The van der Waals surface area contributed by atoms with Gasteiger partial charge in [0.1, 0.15) is 0 Å². The van der Waals surface area contributed by atoms with E-state index in [0.29, 0.717) is 24.2 Å². The number of nitrogens with zero attached hydrogens (tertiary/aromatic N) is 1. The SMILES string of the molecule is O=C(NC(c1ccccc1)c1ccccc1)c1ccc(N2CCCS2(=O)=O)cc1. The molecule has 0 radical (unpaired) electrons. The molecule has 0 aromatic heterocycles. The molecule has 1 aliphatic rings. The van der Waals surface area contributed by atoms with Crippen molar-refractivity contribution >= 4 is 21.6 Å². The van der Waals surface area contributed by atoms with Gasteiger partial charge in [-0.15, -0.1) is 0 Å². The normalized spacial score (nSPS) is 15.4. The van der Waals surface area contributed by atoms with E-state index in [1.807, 2.05) is 60.7 Å². The highest BCUT2D eigenvalue weighted by atomic mass is 32.2. The van der Waals surface area contributed by atoms with Gasteiger partial charge in [-0.3, -0.25) is 9.10 Å². The third-order valence-electron chi connectivity index (χ3n) is 5.06. The van der Waals surface area contributed by atoms with Gasteiger partial charge in [0.25, 0.3) is 5.91 Å². The van der Waals surface area contributed by atoms with Crippen molar-refractivity contribution < 1.29 is 13.2 Å². The first-order chi connectivity index (χ1) is 14.0. The highest BCUT2D eigenvalue weighted by Crippen LogP contribution is 2.25. The third-order valence-corrected chi connectivity index (χ3v) is 6.93. The Kier molecular flexibility index (Phi) is 5.36. The molecule has 0 spiro atoms. The number of carbonyl (C=O) groups is 1. The molecule has 6 heteroatoms. The fourth-order valence-electron chi connectivity index (χ4n) is 3.57. The standard InChI is InChI=1S/C23H22N2O3S/c26-23(20-12-14-21(15-13-20)25-16-7-17-29(25,27)28)24-22(18-8-3-1-4-9-18)19-10-5-2-6-11-19/h1-6,8-15,22H,7,16-17H2,(H,24,26). The van der Waals surface area contributed by atoms with Crippen molar-refractivity contribution in [3.05, 3.63) is 102 Å². The van der Waals surface area contributed by atoms with Gasteiger partial charge in [-0.2, -0.15) is 0 Å². The van der Waals surface area contributed by atoms with E-state index in [-0.39, 0.29) is 17.7 Å². The summed E-state index contributed by atoms with van der Waals surface area (Å²) >= 11 is 0. The lowest BCUT2D eigenvalue weighted by atomic mass is 9.98. The fourth-order valence-corrected chi connectivity index (χ4v) is 5.14. The number of rotatable bonds is 5. The maximum absolute atomic E-state index is 12.9. The zero-order chi connectivity index (χ0) is 20.3. The van der Waals surface area contributed by atoms with Gasteiger partial charge in [-0.1, -0.05) is 60.7 Å². The summed E-state index contributed by atoms with van der Waals surface area (Å²) in [5.41, 5.74) is 3.07. The van der Waals surface area contributed by atoms with Gasteiger partial charge < -0.3 is 5.32 Å². The number of benzene rings is 3. The molecule has 0 atom stereocenters. The maximum atomic E-state index is 12.9. The van der Waals surface area contributed by atoms with Crippen molar-refractivity contribution in [2.45, 2.75) is 12.5 Å². The summed E-state index contributed by atoms with van der Waals surface area (Å²) < 4.78 is 25.6. The summed E-state index contributed by atoms with van der Waals surface area (Å²) in [7, 11) is -3.23. The topological polar surface area (TPSA) is 66.5 Å². The minimum atomic E-state index is -3.23. The smallest absolute Gasteiger partial charge is 0.252 e. The Morgan fingerprint density at radius 1 is 0.828 bits per heavy atom. The van der Waals surface area contributed by atoms with Crippen LogP contribution in [0.2, 0.25) is 0 Å². The van der Waals surface area contributed by atoms with Crippen LogP contribution in [-0.4, -0.2) is 26.6 Å². The van der Waals surface area contributed by atoms with Crippen molar-refractivity contribution in [3.63, 3.8) is 0 Å². The molecule has 3 aromatic rings. The molecule has 1 aliphatic heterocycles. The van der Waals surface area contributed by atoms with E-state index in [9.17, 15) is 13.2 Å². The van der Waals surface area contributed by atoms with Gasteiger partial charge in [0.2, 0.25) is 10.0 Å². The second-order valence-electron chi connectivity index (χ2n) is 7.02. The summed E-state index contributed by atoms with van der Waals surface area (Å²) in [6.07, 6.45) is 0.625. The Balaban J connectivity index is 1.57. The zero-order valence-corrected chi connectivity index (χ0v) is 16.7. The van der Waals surface area contributed by atoms with Crippen LogP contribution in [0.15, 0.2) is 84.9 Å². The monoisotopic (exact) mass is 406 g/mol. The number of hydrogen-bond donors (Lipinski definition) is 1. The van der Waals surface area contributed by atoms with E-state index < -0.39 is 10.0 Å². The Hall–Kier alpha value is -3.12. The largest absolute Gasteiger partial charge is 0.341 e. The fraction of sp³-hybridized carbons (Fsp3) is 0.174. The molecule has 0 aliphatic carbocycles. The predicted molar refractivity (Wildman–Crippen MR) is 114 cm³/mol. The van der Waals surface area contributed by atoms with E-state index in [2.05, 4.69) is 5.32 Å². The molecule has 1 N–H and O–H groups in total. The van der Waals surface area contributed by atoms with Crippen LogP contribution in [0.4, 0.5) is 5.69 Å². The van der Waals surface area contributed by atoms with Crippen LogP contribution in [0.5, 0.6) is 0 Å². The molecule has 0 saturated carbocycles. The molecular formula is C23H22N2O3S. The lowest BCUT2D eigenvalue weighted by molar-refractivity contribution is 0.0943. The van der Waals surface area contributed by atoms with Crippen molar-refractivity contribution in [2.75, 3.05) is 16.6 Å². The molecule has 1 saturated heterocycles. The van der Waals surface area contributed by atoms with E-state index in [1.165, 1.54) is 4.31 Å². The van der Waals surface area contributed by atoms with Gasteiger partial charge in [0.05, 0.1) is 17.5 Å². The Morgan fingerprint density at radius 2 is 1.38 bits per heavy atom. The third kappa shape index (κ3) is 4.17. The van der Waals surface area contributed by atoms with Crippen LogP contribution in [0.1, 0.15) is 33.9 Å². The first-order valence-corrected chi connectivity index (χ1v) is 11.2. The van der Waals surface area contributed by atoms with Gasteiger partial charge >= 0.3 is 0 Å². The van der Waals surface area contributed by atoms with Crippen LogP contribution in [0.3, 0.4) is 0 Å². The number of carbonyl (C=O) groups excluding carboxylic acids is 1. The lowest BCUT2D eigenvalue weighted by Gasteiger charge is -2.20. The molecule has 1 fully saturated rings. The molecule has 29 heavy (non-hydrogen) atoms. The molecule has 148 valence electrons. The van der Waals surface area contributed by atoms with Crippen molar-refractivity contribution in [3.8, 4) is 0 Å². The van der Waals surface area contributed by atoms with Gasteiger partial charge in [0, 0.05) is 12.1 Å². The predicted octanol–water partition coefficient (Wildman–Crippen LogP) is 3.75. The second kappa shape index (κ2) is 8.09. The average molecular weight is 407 g/mol. The maximum Gasteiger partial charge on any atom is 0.252 e. The number of hydrogen-bond acceptors (Lipinski definition) is 3. The van der Waals surface area contributed by atoms with Gasteiger partial charge in [-0.05, 0) is 41.8 Å². The lowest BCUT2D eigenvalue weighted by Crippen LogP contribution is -2.29. The minimum Gasteiger partial charge on any atom is -0.341 e. The number of sulfonamides is 1. The summed E-state index contributed by atoms with van der Waals surface area (Å²) in [6.45, 7) is 0.484. The number of anilines is 1. The molecule has 1 amide bonds. The Morgan fingerprint density at radius 3 is 1.86 bits per heavy atom. The molecule has 5 nitrogen and oxygen atoms in total. The molecule has 3 aromatic carbocycles. The molecule has 4 rings (SSSR count). The highest BCUT2D eigenvalue weighted by Gasteiger charge is 2.28. The van der Waals surface area contributed by atoms with E-state index in [4.69, 9.17) is 0 Å². The highest BCUT2D eigenvalue weighted by molar-refractivity contribution is 7.93. The van der Waals surface area contributed by atoms with E-state index >= 15 is 0 Å². The van der Waals surface area contributed by atoms with Crippen LogP contribution in [-0.2, 0) is 10.0 Å². The minimum absolute atomic E-state index is 0.172. The Labute approximate surface area is 171 Å². The molecule has 0 bridgehead atoms. The number of amides is 1. The summed E-state index contributed by atoms with van der Waals surface area (Å²) in [5, 5.41) is 3.10. The summed E-state index contributed by atoms with van der Waals surface area (Å²) in [4.78, 5) is 12.9. The van der Waals surface area contributed by atoms with Crippen LogP contribution in [0.25, 0.3) is 0 Å².